The molecule has 0 atom stereocenters. The van der Waals surface area contributed by atoms with Gasteiger partial charge >= 0.3 is 6.03 Å². The Balaban J connectivity index is 1.32. The fraction of sp³-hybridized carbons (Fsp3) is 0.259. The average molecular weight is 440 g/mol. The smallest absolute Gasteiger partial charge is 0.319 e. The number of urea groups is 1. The van der Waals surface area contributed by atoms with Crippen LogP contribution < -0.4 is 10.6 Å². The summed E-state index contributed by atoms with van der Waals surface area (Å²) < 4.78 is 2.27. The number of aromatic nitrogens is 2. The SMILES string of the molecule is CN1CCC(c2cn(-c3ccc(NC(=O)NCc4cccnc4)cc3)c3ccccc23)CC1. The van der Waals surface area contributed by atoms with E-state index in [1.807, 2.05) is 24.3 Å². The predicted octanol–water partition coefficient (Wildman–Crippen LogP) is 5.16. The van der Waals surface area contributed by atoms with Crippen LogP contribution in [0.1, 0.15) is 29.9 Å². The highest BCUT2D eigenvalue weighted by Gasteiger charge is 2.22. The van der Waals surface area contributed by atoms with Crippen LogP contribution in [0.25, 0.3) is 16.6 Å². The molecular weight excluding hydrogens is 410 g/mol. The normalized spacial score (nSPS) is 14.9. The van der Waals surface area contributed by atoms with Crippen LogP contribution in [-0.2, 0) is 6.54 Å². The van der Waals surface area contributed by atoms with Crippen molar-refractivity contribution in [2.24, 2.45) is 0 Å². The summed E-state index contributed by atoms with van der Waals surface area (Å²) >= 11 is 0. The Hall–Kier alpha value is -3.64. The minimum atomic E-state index is -0.234. The first kappa shape index (κ1) is 21.2. The van der Waals surface area contributed by atoms with E-state index in [-0.39, 0.29) is 6.03 Å². The molecule has 1 aliphatic heterocycles. The first-order valence-electron chi connectivity index (χ1n) is 11.5. The largest absolute Gasteiger partial charge is 0.334 e. The van der Waals surface area contributed by atoms with E-state index in [4.69, 9.17) is 0 Å². The number of hydrogen-bond donors (Lipinski definition) is 2. The predicted molar refractivity (Wildman–Crippen MR) is 133 cm³/mol. The van der Waals surface area contributed by atoms with Gasteiger partial charge in [0, 0.05) is 41.9 Å². The maximum Gasteiger partial charge on any atom is 0.319 e. The molecule has 1 aliphatic rings. The van der Waals surface area contributed by atoms with Gasteiger partial charge in [-0.2, -0.15) is 0 Å². The Kier molecular flexibility index (Phi) is 6.09. The minimum Gasteiger partial charge on any atom is -0.334 e. The molecule has 1 fully saturated rings. The monoisotopic (exact) mass is 439 g/mol. The molecule has 2 N–H and O–H groups in total. The van der Waals surface area contributed by atoms with E-state index in [1.165, 1.54) is 29.3 Å². The lowest BCUT2D eigenvalue weighted by Gasteiger charge is -2.28. The molecule has 6 nitrogen and oxygen atoms in total. The Bertz CT molecular complexity index is 1220. The number of nitrogens with one attached hydrogen (secondary N) is 2. The van der Waals surface area contributed by atoms with Gasteiger partial charge in [0.15, 0.2) is 0 Å². The van der Waals surface area contributed by atoms with Crippen LogP contribution in [-0.4, -0.2) is 40.6 Å². The maximum atomic E-state index is 12.3. The number of para-hydroxylation sites is 1. The van der Waals surface area contributed by atoms with Gasteiger partial charge in [0.05, 0.1) is 5.52 Å². The van der Waals surface area contributed by atoms with Crippen molar-refractivity contribution in [3.63, 3.8) is 0 Å². The number of fused-ring (bicyclic) bond motifs is 1. The number of likely N-dealkylation sites (tertiary alicyclic amines) is 1. The van der Waals surface area contributed by atoms with E-state index in [0.29, 0.717) is 12.5 Å². The molecule has 1 saturated heterocycles. The van der Waals surface area contributed by atoms with Crippen molar-refractivity contribution in [2.45, 2.75) is 25.3 Å². The van der Waals surface area contributed by atoms with Crippen LogP contribution in [0, 0.1) is 0 Å². The van der Waals surface area contributed by atoms with Gasteiger partial charge < -0.3 is 20.1 Å². The van der Waals surface area contributed by atoms with Crippen LogP contribution in [0.4, 0.5) is 10.5 Å². The second kappa shape index (κ2) is 9.46. The molecule has 5 rings (SSSR count). The van der Waals surface area contributed by atoms with Crippen molar-refractivity contribution in [2.75, 3.05) is 25.5 Å². The third kappa shape index (κ3) is 4.76. The van der Waals surface area contributed by atoms with E-state index in [2.05, 4.69) is 74.7 Å². The summed E-state index contributed by atoms with van der Waals surface area (Å²) in [5.74, 6) is 0.594. The Morgan fingerprint density at radius 2 is 1.82 bits per heavy atom. The first-order chi connectivity index (χ1) is 16.2. The summed E-state index contributed by atoms with van der Waals surface area (Å²) in [5, 5.41) is 7.10. The van der Waals surface area contributed by atoms with Gasteiger partial charge in [-0.3, -0.25) is 4.98 Å². The molecule has 0 spiro atoms. The number of carbonyl (C=O) groups is 1. The summed E-state index contributed by atoms with van der Waals surface area (Å²) in [4.78, 5) is 18.7. The van der Waals surface area contributed by atoms with Gasteiger partial charge in [0.1, 0.15) is 0 Å². The first-order valence-corrected chi connectivity index (χ1v) is 11.5. The third-order valence-corrected chi connectivity index (χ3v) is 6.48. The zero-order chi connectivity index (χ0) is 22.6. The van der Waals surface area contributed by atoms with Gasteiger partial charge in [0.25, 0.3) is 0 Å². The number of rotatable bonds is 5. The lowest BCUT2D eigenvalue weighted by atomic mass is 9.89. The van der Waals surface area contributed by atoms with Gasteiger partial charge in [0.2, 0.25) is 0 Å². The topological polar surface area (TPSA) is 62.2 Å². The lowest BCUT2D eigenvalue weighted by molar-refractivity contribution is 0.251. The van der Waals surface area contributed by atoms with Crippen molar-refractivity contribution in [3.05, 3.63) is 90.4 Å². The molecule has 0 saturated carbocycles. The van der Waals surface area contributed by atoms with Crippen LogP contribution >= 0.6 is 0 Å². The number of nitrogens with zero attached hydrogens (tertiary/aromatic N) is 3. The molecule has 2 amide bonds. The fourth-order valence-electron chi connectivity index (χ4n) is 4.63. The summed E-state index contributed by atoms with van der Waals surface area (Å²) in [6.07, 6.45) is 8.17. The van der Waals surface area contributed by atoms with E-state index < -0.39 is 0 Å². The second-order valence-electron chi connectivity index (χ2n) is 8.76. The number of pyridine rings is 1. The molecule has 3 heterocycles. The highest BCUT2D eigenvalue weighted by molar-refractivity contribution is 5.89. The van der Waals surface area contributed by atoms with Crippen molar-refractivity contribution in [1.29, 1.82) is 0 Å². The molecule has 0 unspecified atom stereocenters. The molecule has 168 valence electrons. The van der Waals surface area contributed by atoms with Crippen LogP contribution in [0.5, 0.6) is 0 Å². The maximum absolute atomic E-state index is 12.3. The molecule has 0 bridgehead atoms. The molecule has 2 aromatic carbocycles. The average Bonchev–Trinajstić information content (AvgIpc) is 3.24. The van der Waals surface area contributed by atoms with E-state index in [9.17, 15) is 4.79 Å². The summed E-state index contributed by atoms with van der Waals surface area (Å²) in [5.41, 5.74) is 5.47. The van der Waals surface area contributed by atoms with Crippen molar-refractivity contribution >= 4 is 22.6 Å². The lowest BCUT2D eigenvalue weighted by Crippen LogP contribution is -2.29. The van der Waals surface area contributed by atoms with Crippen molar-refractivity contribution in [1.82, 2.24) is 19.8 Å². The molecule has 4 aromatic rings. The van der Waals surface area contributed by atoms with Crippen molar-refractivity contribution < 1.29 is 4.79 Å². The number of anilines is 1. The standard InChI is InChI=1S/C27H29N5O/c1-31-15-12-21(13-16-31)25-19-32(26-7-3-2-6-24(25)26)23-10-8-22(9-11-23)30-27(33)29-18-20-5-4-14-28-17-20/h2-11,14,17,19,21H,12-13,15-16,18H2,1H3,(H2,29,30,33). The number of piperidine rings is 1. The highest BCUT2D eigenvalue weighted by Crippen LogP contribution is 2.35. The van der Waals surface area contributed by atoms with Crippen LogP contribution in [0.15, 0.2) is 79.3 Å². The fourth-order valence-corrected chi connectivity index (χ4v) is 4.63. The summed E-state index contributed by atoms with van der Waals surface area (Å²) in [6, 6.07) is 20.2. The molecule has 6 heteroatoms. The second-order valence-corrected chi connectivity index (χ2v) is 8.76. The zero-order valence-corrected chi connectivity index (χ0v) is 18.9. The summed E-state index contributed by atoms with van der Waals surface area (Å²) in [6.45, 7) is 2.73. The quantitative estimate of drug-likeness (QED) is 0.452. The van der Waals surface area contributed by atoms with E-state index in [0.717, 1.165) is 30.0 Å². The van der Waals surface area contributed by atoms with E-state index >= 15 is 0 Å². The molecular formula is C27H29N5O. The van der Waals surface area contributed by atoms with Crippen LogP contribution in [0.2, 0.25) is 0 Å². The third-order valence-electron chi connectivity index (χ3n) is 6.48. The van der Waals surface area contributed by atoms with E-state index in [1.54, 1.807) is 12.4 Å². The number of carbonyl (C=O) groups excluding carboxylic acids is 1. The van der Waals surface area contributed by atoms with Gasteiger partial charge in [-0.1, -0.05) is 24.3 Å². The molecule has 0 aliphatic carbocycles. The molecule has 33 heavy (non-hydrogen) atoms. The Labute approximate surface area is 194 Å². The van der Waals surface area contributed by atoms with Crippen LogP contribution in [0.3, 0.4) is 0 Å². The highest BCUT2D eigenvalue weighted by atomic mass is 16.2. The Morgan fingerprint density at radius 1 is 1.03 bits per heavy atom. The summed E-state index contributed by atoms with van der Waals surface area (Å²) in [7, 11) is 2.20. The zero-order valence-electron chi connectivity index (χ0n) is 18.9. The van der Waals surface area contributed by atoms with Gasteiger partial charge in [-0.25, -0.2) is 4.79 Å². The molecule has 0 radical (unpaired) electrons. The number of hydrogen-bond acceptors (Lipinski definition) is 3. The van der Waals surface area contributed by atoms with Crippen molar-refractivity contribution in [3.8, 4) is 5.69 Å². The molecule has 2 aromatic heterocycles. The Morgan fingerprint density at radius 3 is 2.58 bits per heavy atom. The number of benzene rings is 2. The number of amides is 2. The minimum absolute atomic E-state index is 0.234. The van der Waals surface area contributed by atoms with Gasteiger partial charge in [-0.15, -0.1) is 0 Å². The van der Waals surface area contributed by atoms with Gasteiger partial charge in [-0.05, 0) is 86.4 Å².